The number of rotatable bonds is 2. The summed E-state index contributed by atoms with van der Waals surface area (Å²) in [6.07, 6.45) is 2.93. The monoisotopic (exact) mass is 263 g/mol. The Balaban J connectivity index is 2.06. The molecule has 0 spiro atoms. The number of H-pyrrole nitrogens is 1. The van der Waals surface area contributed by atoms with E-state index in [-0.39, 0.29) is 17.6 Å². The first-order valence-electron chi connectivity index (χ1n) is 6.51. The maximum absolute atomic E-state index is 11.6. The van der Waals surface area contributed by atoms with Gasteiger partial charge in [-0.15, -0.1) is 0 Å². The van der Waals surface area contributed by atoms with Gasteiger partial charge in [0, 0.05) is 12.1 Å². The lowest BCUT2D eigenvalue weighted by Crippen LogP contribution is -2.24. The maximum Gasteiger partial charge on any atom is 0.276 e. The standard InChI is InChI=1S/C13H17N3O3/c1-3-9-7(2)11(17)13(19-9)16-6-15-10-8(16)4-5-14-12(10)18/h4-7,9,11,13,17H,3H2,1-2H3,(H,14,18)/t7-,9-,11-,13-/m1/s1. The molecular weight excluding hydrogens is 246 g/mol. The highest BCUT2D eigenvalue weighted by Crippen LogP contribution is 2.36. The smallest absolute Gasteiger partial charge is 0.276 e. The van der Waals surface area contributed by atoms with Gasteiger partial charge in [-0.1, -0.05) is 13.8 Å². The molecule has 1 aliphatic rings. The molecule has 0 bridgehead atoms. The molecule has 0 aliphatic carbocycles. The van der Waals surface area contributed by atoms with Gasteiger partial charge in [-0.05, 0) is 12.5 Å². The average molecular weight is 263 g/mol. The van der Waals surface area contributed by atoms with Crippen molar-refractivity contribution in [2.75, 3.05) is 0 Å². The Morgan fingerprint density at radius 1 is 1.58 bits per heavy atom. The fraction of sp³-hybridized carbons (Fsp3) is 0.538. The van der Waals surface area contributed by atoms with Crippen LogP contribution in [-0.2, 0) is 4.74 Å². The lowest BCUT2D eigenvalue weighted by atomic mass is 9.99. The van der Waals surface area contributed by atoms with Crippen LogP contribution in [-0.4, -0.2) is 31.8 Å². The minimum atomic E-state index is -0.596. The van der Waals surface area contributed by atoms with Gasteiger partial charge in [0.15, 0.2) is 11.7 Å². The summed E-state index contributed by atoms with van der Waals surface area (Å²) in [6.45, 7) is 4.01. The first kappa shape index (κ1) is 12.4. The lowest BCUT2D eigenvalue weighted by molar-refractivity contribution is -0.0352. The third-order valence-electron chi connectivity index (χ3n) is 3.91. The summed E-state index contributed by atoms with van der Waals surface area (Å²) < 4.78 is 7.63. The van der Waals surface area contributed by atoms with E-state index in [0.29, 0.717) is 11.0 Å². The molecule has 2 N–H and O–H groups in total. The summed E-state index contributed by atoms with van der Waals surface area (Å²) in [4.78, 5) is 18.3. The number of ether oxygens (including phenoxy) is 1. The zero-order valence-corrected chi connectivity index (χ0v) is 10.9. The Kier molecular flexibility index (Phi) is 2.91. The third kappa shape index (κ3) is 1.79. The number of aliphatic hydroxyl groups excluding tert-OH is 1. The molecule has 0 amide bonds. The second-order valence-corrected chi connectivity index (χ2v) is 5.02. The fourth-order valence-electron chi connectivity index (χ4n) is 2.74. The Hall–Kier alpha value is -1.66. The summed E-state index contributed by atoms with van der Waals surface area (Å²) in [7, 11) is 0. The van der Waals surface area contributed by atoms with Gasteiger partial charge < -0.3 is 19.4 Å². The molecule has 0 unspecified atom stereocenters. The zero-order chi connectivity index (χ0) is 13.6. The van der Waals surface area contributed by atoms with E-state index >= 15 is 0 Å². The van der Waals surface area contributed by atoms with Gasteiger partial charge in [0.1, 0.15) is 6.10 Å². The molecule has 19 heavy (non-hydrogen) atoms. The molecule has 3 heterocycles. The van der Waals surface area contributed by atoms with Crippen LogP contribution in [0.15, 0.2) is 23.4 Å². The molecule has 6 heteroatoms. The molecular formula is C13H17N3O3. The normalized spacial score (nSPS) is 31.1. The van der Waals surface area contributed by atoms with Crippen LogP contribution in [0.3, 0.4) is 0 Å². The van der Waals surface area contributed by atoms with Crippen molar-refractivity contribution in [1.29, 1.82) is 0 Å². The fourth-order valence-corrected chi connectivity index (χ4v) is 2.74. The molecule has 3 rings (SSSR count). The van der Waals surface area contributed by atoms with Gasteiger partial charge in [0.25, 0.3) is 5.56 Å². The van der Waals surface area contributed by atoms with Crippen molar-refractivity contribution in [3.63, 3.8) is 0 Å². The Morgan fingerprint density at radius 3 is 3.05 bits per heavy atom. The van der Waals surface area contributed by atoms with Crippen LogP contribution in [0.2, 0.25) is 0 Å². The van der Waals surface area contributed by atoms with E-state index in [1.54, 1.807) is 23.2 Å². The number of pyridine rings is 1. The van der Waals surface area contributed by atoms with E-state index in [0.717, 1.165) is 6.42 Å². The van der Waals surface area contributed by atoms with Gasteiger partial charge in [-0.25, -0.2) is 4.98 Å². The predicted octanol–water partition coefficient (Wildman–Crippen LogP) is 1.03. The van der Waals surface area contributed by atoms with Crippen LogP contribution >= 0.6 is 0 Å². The van der Waals surface area contributed by atoms with Gasteiger partial charge in [-0.2, -0.15) is 0 Å². The van der Waals surface area contributed by atoms with Crippen molar-refractivity contribution >= 4 is 11.0 Å². The minimum Gasteiger partial charge on any atom is -0.388 e. The summed E-state index contributed by atoms with van der Waals surface area (Å²) >= 11 is 0. The largest absolute Gasteiger partial charge is 0.388 e. The minimum absolute atomic E-state index is 0.0273. The number of nitrogens with one attached hydrogen (secondary N) is 1. The van der Waals surface area contributed by atoms with Gasteiger partial charge >= 0.3 is 0 Å². The lowest BCUT2D eigenvalue weighted by Gasteiger charge is -2.17. The molecule has 2 aromatic rings. The van der Waals surface area contributed by atoms with E-state index in [9.17, 15) is 9.90 Å². The molecule has 0 radical (unpaired) electrons. The van der Waals surface area contributed by atoms with E-state index in [1.807, 2.05) is 13.8 Å². The SMILES string of the molecule is CC[C@H]1O[C@@H](n2cnc3c(=O)[nH]ccc32)[C@H](O)[C@@H]1C. The predicted molar refractivity (Wildman–Crippen MR) is 69.7 cm³/mol. The van der Waals surface area contributed by atoms with Crippen LogP contribution in [0, 0.1) is 5.92 Å². The number of imidazole rings is 1. The molecule has 1 saturated heterocycles. The number of aromatic amines is 1. The van der Waals surface area contributed by atoms with Gasteiger partial charge in [-0.3, -0.25) is 4.79 Å². The average Bonchev–Trinajstić information content (AvgIpc) is 2.94. The molecule has 1 fully saturated rings. The molecule has 2 aromatic heterocycles. The van der Waals surface area contributed by atoms with Crippen molar-refractivity contribution in [3.05, 3.63) is 28.9 Å². The van der Waals surface area contributed by atoms with Gasteiger partial charge in [0.05, 0.1) is 17.9 Å². The van der Waals surface area contributed by atoms with Crippen LogP contribution in [0.5, 0.6) is 0 Å². The summed E-state index contributed by atoms with van der Waals surface area (Å²) in [5.74, 6) is 0.0643. The number of nitrogens with zero attached hydrogens (tertiary/aromatic N) is 2. The molecule has 6 nitrogen and oxygen atoms in total. The molecule has 0 saturated carbocycles. The summed E-state index contributed by atoms with van der Waals surface area (Å²) in [5, 5.41) is 10.3. The van der Waals surface area contributed by atoms with Crippen molar-refractivity contribution in [1.82, 2.24) is 14.5 Å². The summed E-state index contributed by atoms with van der Waals surface area (Å²) in [5.41, 5.74) is 0.812. The van der Waals surface area contributed by atoms with E-state index in [2.05, 4.69) is 9.97 Å². The molecule has 0 aromatic carbocycles. The Bertz CT molecular complexity index is 648. The highest BCUT2D eigenvalue weighted by atomic mass is 16.5. The number of aromatic nitrogens is 3. The van der Waals surface area contributed by atoms with Gasteiger partial charge in [0.2, 0.25) is 0 Å². The first-order valence-corrected chi connectivity index (χ1v) is 6.51. The van der Waals surface area contributed by atoms with E-state index < -0.39 is 12.3 Å². The second kappa shape index (κ2) is 4.47. The third-order valence-corrected chi connectivity index (χ3v) is 3.91. The number of hydrogen-bond acceptors (Lipinski definition) is 4. The zero-order valence-electron chi connectivity index (χ0n) is 10.9. The Morgan fingerprint density at radius 2 is 2.37 bits per heavy atom. The van der Waals surface area contributed by atoms with Crippen molar-refractivity contribution < 1.29 is 9.84 Å². The molecule has 102 valence electrons. The quantitative estimate of drug-likeness (QED) is 0.848. The highest BCUT2D eigenvalue weighted by molar-refractivity contribution is 5.73. The maximum atomic E-state index is 11.6. The number of aliphatic hydroxyl groups is 1. The number of hydrogen-bond donors (Lipinski definition) is 2. The number of fused-ring (bicyclic) bond motifs is 1. The van der Waals surface area contributed by atoms with E-state index in [1.165, 1.54) is 0 Å². The van der Waals surface area contributed by atoms with Crippen molar-refractivity contribution in [3.8, 4) is 0 Å². The van der Waals surface area contributed by atoms with E-state index in [4.69, 9.17) is 4.74 Å². The molecule has 4 atom stereocenters. The topological polar surface area (TPSA) is 80.1 Å². The van der Waals surface area contributed by atoms with Crippen LogP contribution in [0.1, 0.15) is 26.5 Å². The summed E-state index contributed by atoms with van der Waals surface area (Å²) in [6, 6.07) is 1.77. The van der Waals surface area contributed by atoms with Crippen molar-refractivity contribution in [2.45, 2.75) is 38.7 Å². The first-order chi connectivity index (χ1) is 9.13. The van der Waals surface area contributed by atoms with Crippen molar-refractivity contribution in [2.24, 2.45) is 5.92 Å². The Labute approximate surface area is 110 Å². The molecule has 1 aliphatic heterocycles. The van der Waals surface area contributed by atoms with Crippen LogP contribution < -0.4 is 5.56 Å². The highest BCUT2D eigenvalue weighted by Gasteiger charge is 2.41. The van der Waals surface area contributed by atoms with Crippen LogP contribution in [0.4, 0.5) is 0 Å². The second-order valence-electron chi connectivity index (χ2n) is 5.02. The van der Waals surface area contributed by atoms with Crippen LogP contribution in [0.25, 0.3) is 11.0 Å².